The second kappa shape index (κ2) is 6.69. The van der Waals surface area contributed by atoms with Gasteiger partial charge in [-0.15, -0.1) is 0 Å². The van der Waals surface area contributed by atoms with Crippen LogP contribution < -0.4 is 0 Å². The second-order valence-corrected chi connectivity index (χ2v) is 8.03. The van der Waals surface area contributed by atoms with Gasteiger partial charge < -0.3 is 28.2 Å². The molecule has 3 heterocycles. The lowest BCUT2D eigenvalue weighted by atomic mass is 9.73. The van der Waals surface area contributed by atoms with Crippen molar-refractivity contribution in [1.82, 2.24) is 9.47 Å². The van der Waals surface area contributed by atoms with E-state index in [-0.39, 0.29) is 12.2 Å². The average Bonchev–Trinajstić information content (AvgIpc) is 3.01. The summed E-state index contributed by atoms with van der Waals surface area (Å²) < 4.78 is 25.2. The van der Waals surface area contributed by atoms with E-state index < -0.39 is 18.3 Å². The Morgan fingerprint density at radius 2 is 1.81 bits per heavy atom. The standard InChI is InChI=1S/C19H29BN2O5/c1-9-25-17(23)14-10-12-13(20-26-18(2,3)19(4,5)27-20)11-21(6)16(24-8)15(12)22(14)7/h10-11,16H,9H2,1-8H3. The molecule has 0 amide bonds. The van der Waals surface area contributed by atoms with E-state index in [4.69, 9.17) is 18.8 Å². The monoisotopic (exact) mass is 376 g/mol. The highest BCUT2D eigenvalue weighted by molar-refractivity contribution is 6.69. The third-order valence-corrected chi connectivity index (χ3v) is 5.75. The molecule has 1 aromatic rings. The predicted octanol–water partition coefficient (Wildman–Crippen LogP) is 2.76. The van der Waals surface area contributed by atoms with E-state index in [0.29, 0.717) is 12.3 Å². The van der Waals surface area contributed by atoms with Crippen LogP contribution in [0.5, 0.6) is 0 Å². The number of hydrogen-bond acceptors (Lipinski definition) is 6. The van der Waals surface area contributed by atoms with Crippen LogP contribution in [0.1, 0.15) is 62.6 Å². The summed E-state index contributed by atoms with van der Waals surface area (Å²) in [4.78, 5) is 14.4. The lowest BCUT2D eigenvalue weighted by molar-refractivity contribution is -0.000906. The Labute approximate surface area is 161 Å². The summed E-state index contributed by atoms with van der Waals surface area (Å²) in [7, 11) is 4.89. The topological polar surface area (TPSA) is 62.2 Å². The molecule has 3 rings (SSSR count). The molecule has 0 aliphatic carbocycles. The fourth-order valence-corrected chi connectivity index (χ4v) is 3.53. The molecule has 27 heavy (non-hydrogen) atoms. The normalized spacial score (nSPS) is 23.3. The number of methoxy groups -OCH3 is 1. The molecule has 0 bridgehead atoms. The van der Waals surface area contributed by atoms with Crippen molar-refractivity contribution in [2.45, 2.75) is 52.0 Å². The molecule has 7 nitrogen and oxygen atoms in total. The molecule has 0 aromatic carbocycles. The van der Waals surface area contributed by atoms with Crippen molar-refractivity contribution in [2.75, 3.05) is 20.8 Å². The minimum Gasteiger partial charge on any atom is -0.461 e. The number of carbonyl (C=O) groups is 1. The minimum atomic E-state index is -0.536. The van der Waals surface area contributed by atoms with Gasteiger partial charge in [0.1, 0.15) is 5.69 Å². The van der Waals surface area contributed by atoms with Crippen LogP contribution in [-0.4, -0.2) is 54.5 Å². The summed E-state index contributed by atoms with van der Waals surface area (Å²) in [6, 6.07) is 1.84. The van der Waals surface area contributed by atoms with Crippen LogP contribution in [0, 0.1) is 0 Å². The third kappa shape index (κ3) is 3.09. The first-order valence-corrected chi connectivity index (χ1v) is 9.23. The zero-order valence-electron chi connectivity index (χ0n) is 17.5. The molecule has 0 N–H and O–H groups in total. The molecule has 2 aliphatic rings. The maximum atomic E-state index is 12.4. The zero-order chi connectivity index (χ0) is 20.1. The molecule has 1 fully saturated rings. The zero-order valence-corrected chi connectivity index (χ0v) is 17.5. The van der Waals surface area contributed by atoms with E-state index in [1.807, 2.05) is 63.5 Å². The lowest BCUT2D eigenvalue weighted by Crippen LogP contribution is -2.41. The molecule has 8 heteroatoms. The van der Waals surface area contributed by atoms with Gasteiger partial charge in [-0.05, 0) is 40.7 Å². The summed E-state index contributed by atoms with van der Waals surface area (Å²) in [5, 5.41) is 0. The summed E-state index contributed by atoms with van der Waals surface area (Å²) in [5.74, 6) is -0.361. The van der Waals surface area contributed by atoms with Crippen LogP contribution in [0.25, 0.3) is 5.47 Å². The Morgan fingerprint density at radius 1 is 1.22 bits per heavy atom. The molecule has 1 saturated heterocycles. The molecule has 2 aliphatic heterocycles. The van der Waals surface area contributed by atoms with Crippen LogP contribution in [0.3, 0.4) is 0 Å². The number of aromatic nitrogens is 1. The minimum absolute atomic E-state index is 0.320. The van der Waals surface area contributed by atoms with Crippen molar-refractivity contribution in [3.63, 3.8) is 0 Å². The number of ether oxygens (including phenoxy) is 2. The van der Waals surface area contributed by atoms with E-state index in [9.17, 15) is 4.79 Å². The molecule has 1 unspecified atom stereocenters. The summed E-state index contributed by atoms with van der Waals surface area (Å²) >= 11 is 0. The largest absolute Gasteiger partial charge is 0.497 e. The van der Waals surface area contributed by atoms with Gasteiger partial charge in [0.2, 0.25) is 0 Å². The van der Waals surface area contributed by atoms with E-state index >= 15 is 0 Å². The number of rotatable bonds is 4. The number of carbonyl (C=O) groups excluding carboxylic acids is 1. The van der Waals surface area contributed by atoms with Crippen molar-refractivity contribution in [1.29, 1.82) is 0 Å². The van der Waals surface area contributed by atoms with E-state index in [1.165, 1.54) is 0 Å². The van der Waals surface area contributed by atoms with Gasteiger partial charge in [0.15, 0.2) is 6.23 Å². The number of fused-ring (bicyclic) bond motifs is 1. The van der Waals surface area contributed by atoms with Gasteiger partial charge in [0.25, 0.3) is 0 Å². The summed E-state index contributed by atoms with van der Waals surface area (Å²) in [6.07, 6.45) is 1.65. The predicted molar refractivity (Wildman–Crippen MR) is 103 cm³/mol. The maximum Gasteiger partial charge on any atom is 0.497 e. The van der Waals surface area contributed by atoms with Gasteiger partial charge in [0.05, 0.1) is 23.5 Å². The Bertz CT molecular complexity index is 767. The van der Waals surface area contributed by atoms with Crippen LogP contribution in [0.15, 0.2) is 12.3 Å². The number of nitrogens with zero attached hydrogens (tertiary/aromatic N) is 2. The number of hydrogen-bond donors (Lipinski definition) is 0. The van der Waals surface area contributed by atoms with Crippen LogP contribution in [-0.2, 0) is 25.8 Å². The molecule has 148 valence electrons. The highest BCUT2D eigenvalue weighted by Crippen LogP contribution is 2.44. The third-order valence-electron chi connectivity index (χ3n) is 5.75. The van der Waals surface area contributed by atoms with E-state index in [2.05, 4.69) is 0 Å². The van der Waals surface area contributed by atoms with Gasteiger partial charge in [-0.1, -0.05) is 0 Å². The van der Waals surface area contributed by atoms with Crippen molar-refractivity contribution in [3.8, 4) is 0 Å². The molecular weight excluding hydrogens is 347 g/mol. The maximum absolute atomic E-state index is 12.4. The molecule has 0 radical (unpaired) electrons. The molecule has 0 saturated carbocycles. The first kappa shape index (κ1) is 20.0. The Kier molecular flexibility index (Phi) is 4.95. The van der Waals surface area contributed by atoms with Crippen LogP contribution in [0.2, 0.25) is 0 Å². The number of esters is 1. The van der Waals surface area contributed by atoms with Crippen molar-refractivity contribution >= 4 is 18.6 Å². The van der Waals surface area contributed by atoms with Crippen LogP contribution in [0.4, 0.5) is 0 Å². The molecular formula is C19H29BN2O5. The molecule has 0 spiro atoms. The average molecular weight is 376 g/mol. The Morgan fingerprint density at radius 3 is 2.33 bits per heavy atom. The quantitative estimate of drug-likeness (QED) is 0.595. The van der Waals surface area contributed by atoms with Crippen molar-refractivity contribution in [2.24, 2.45) is 7.05 Å². The van der Waals surface area contributed by atoms with Crippen molar-refractivity contribution in [3.05, 3.63) is 29.2 Å². The SMILES string of the molecule is CCOC(=O)c1cc2c(n1C)C(OC)N(C)C=C2B1OC(C)(C)C(C)(C)O1. The summed E-state index contributed by atoms with van der Waals surface area (Å²) in [5.41, 5.74) is 2.19. The lowest BCUT2D eigenvalue weighted by Gasteiger charge is -2.33. The van der Waals surface area contributed by atoms with E-state index in [1.54, 1.807) is 14.0 Å². The Hall–Kier alpha value is -1.77. The summed E-state index contributed by atoms with van der Waals surface area (Å²) in [6.45, 7) is 10.2. The van der Waals surface area contributed by atoms with Crippen LogP contribution >= 0.6 is 0 Å². The van der Waals surface area contributed by atoms with Gasteiger partial charge in [-0.3, -0.25) is 0 Å². The second-order valence-electron chi connectivity index (χ2n) is 8.03. The first-order valence-electron chi connectivity index (χ1n) is 9.23. The van der Waals surface area contributed by atoms with Gasteiger partial charge in [0, 0.05) is 38.4 Å². The van der Waals surface area contributed by atoms with E-state index in [0.717, 1.165) is 16.7 Å². The fourth-order valence-electron chi connectivity index (χ4n) is 3.53. The van der Waals surface area contributed by atoms with Gasteiger partial charge in [-0.2, -0.15) is 0 Å². The van der Waals surface area contributed by atoms with Crippen molar-refractivity contribution < 1.29 is 23.6 Å². The molecule has 1 aromatic heterocycles. The molecule has 1 atom stereocenters. The van der Waals surface area contributed by atoms with Gasteiger partial charge in [-0.25, -0.2) is 4.79 Å². The smallest absolute Gasteiger partial charge is 0.461 e. The highest BCUT2D eigenvalue weighted by atomic mass is 16.7. The first-order chi connectivity index (χ1) is 12.5. The van der Waals surface area contributed by atoms with Gasteiger partial charge >= 0.3 is 13.1 Å². The highest BCUT2D eigenvalue weighted by Gasteiger charge is 2.54. The Balaban J connectivity index is 2.09. The fraction of sp³-hybridized carbons (Fsp3) is 0.632.